The van der Waals surface area contributed by atoms with E-state index < -0.39 is 0 Å². The normalized spacial score (nSPS) is 12.2. The summed E-state index contributed by atoms with van der Waals surface area (Å²) in [7, 11) is 0. The Kier molecular flexibility index (Phi) is 5.78. The minimum atomic E-state index is 0.0473. The van der Waals surface area contributed by atoms with Crippen molar-refractivity contribution in [3.63, 3.8) is 0 Å². The van der Waals surface area contributed by atoms with Crippen LogP contribution in [0.1, 0.15) is 34.3 Å². The summed E-state index contributed by atoms with van der Waals surface area (Å²) in [5.74, 6) is 0.0473. The Bertz CT molecular complexity index is 1040. The highest BCUT2D eigenvalue weighted by Gasteiger charge is 2.23. The van der Waals surface area contributed by atoms with Crippen molar-refractivity contribution in [2.24, 2.45) is 0 Å². The molecule has 0 radical (unpaired) electrons. The van der Waals surface area contributed by atoms with Crippen molar-refractivity contribution in [3.05, 3.63) is 81.8 Å². The first kappa shape index (κ1) is 18.8. The van der Waals surface area contributed by atoms with Crippen molar-refractivity contribution < 1.29 is 4.79 Å². The molecule has 0 bridgehead atoms. The van der Waals surface area contributed by atoms with Gasteiger partial charge in [-0.3, -0.25) is 4.79 Å². The molecule has 0 N–H and O–H groups in total. The Morgan fingerprint density at radius 3 is 2.75 bits per heavy atom. The van der Waals surface area contributed by atoms with E-state index in [4.69, 9.17) is 0 Å². The van der Waals surface area contributed by atoms with Crippen LogP contribution in [0.2, 0.25) is 0 Å². The number of rotatable bonds is 7. The molecule has 0 aliphatic rings. The van der Waals surface area contributed by atoms with Gasteiger partial charge in [-0.25, -0.2) is 9.97 Å². The van der Waals surface area contributed by atoms with E-state index >= 15 is 0 Å². The third kappa shape index (κ3) is 4.29. The van der Waals surface area contributed by atoms with Crippen molar-refractivity contribution in [3.8, 4) is 0 Å². The second kappa shape index (κ2) is 8.63. The maximum absolute atomic E-state index is 13.4. The van der Waals surface area contributed by atoms with Gasteiger partial charge in [0.25, 0.3) is 5.91 Å². The lowest BCUT2D eigenvalue weighted by atomic mass is 10.0. The minimum Gasteiger partial charge on any atom is -0.329 e. The van der Waals surface area contributed by atoms with Crippen molar-refractivity contribution in [1.82, 2.24) is 14.9 Å². The van der Waals surface area contributed by atoms with Crippen LogP contribution in [-0.4, -0.2) is 26.8 Å². The Hall–Kier alpha value is -2.57. The van der Waals surface area contributed by atoms with Gasteiger partial charge in [0.1, 0.15) is 5.01 Å². The first-order valence-electron chi connectivity index (χ1n) is 9.27. The smallest absolute Gasteiger partial charge is 0.254 e. The highest BCUT2D eigenvalue weighted by molar-refractivity contribution is 7.16. The van der Waals surface area contributed by atoms with Gasteiger partial charge in [-0.15, -0.1) is 22.7 Å². The second-order valence-electron chi connectivity index (χ2n) is 6.77. The lowest BCUT2D eigenvalue weighted by Crippen LogP contribution is -2.38. The number of aromatic nitrogens is 2. The molecule has 0 saturated carbocycles. The van der Waals surface area contributed by atoms with E-state index in [-0.39, 0.29) is 11.9 Å². The summed E-state index contributed by atoms with van der Waals surface area (Å²) in [5, 5.41) is 2.91. The van der Waals surface area contributed by atoms with Gasteiger partial charge < -0.3 is 4.90 Å². The number of carbonyl (C=O) groups excluding carboxylic acids is 1. The summed E-state index contributed by atoms with van der Waals surface area (Å²) in [6.45, 7) is 2.66. The highest BCUT2D eigenvalue weighted by atomic mass is 32.1. The summed E-state index contributed by atoms with van der Waals surface area (Å²) in [6.07, 6.45) is 3.64. The number of aryl methyl sites for hydroxylation is 1. The maximum Gasteiger partial charge on any atom is 0.254 e. The van der Waals surface area contributed by atoms with Crippen LogP contribution in [0.4, 0.5) is 0 Å². The molecule has 4 rings (SSSR count). The summed E-state index contributed by atoms with van der Waals surface area (Å²) in [6, 6.07) is 16.3. The van der Waals surface area contributed by atoms with Crippen LogP contribution in [0.3, 0.4) is 0 Å². The standard InChI is InChI=1S/C22H21N3OS2/c1-16(7-8-17-5-3-2-4-6-17)25(14-21-23-11-12-27-21)22(26)18-9-10-19-20(13-18)28-15-24-19/h2-6,9-13,15-16H,7-8,14H2,1H3/t16-/m0/s1. The summed E-state index contributed by atoms with van der Waals surface area (Å²) >= 11 is 3.15. The number of benzene rings is 2. The Morgan fingerprint density at radius 2 is 1.96 bits per heavy atom. The number of fused-ring (bicyclic) bond motifs is 1. The van der Waals surface area contributed by atoms with E-state index in [0.29, 0.717) is 12.1 Å². The van der Waals surface area contributed by atoms with Gasteiger partial charge in [-0.05, 0) is 43.5 Å². The molecule has 2 aromatic heterocycles. The number of nitrogens with zero attached hydrogens (tertiary/aromatic N) is 3. The SMILES string of the molecule is C[C@@H](CCc1ccccc1)N(Cc1nccs1)C(=O)c1ccc2ncsc2c1. The lowest BCUT2D eigenvalue weighted by Gasteiger charge is -2.29. The topological polar surface area (TPSA) is 46.1 Å². The average Bonchev–Trinajstić information content (AvgIpc) is 3.41. The molecule has 6 heteroatoms. The van der Waals surface area contributed by atoms with E-state index in [9.17, 15) is 4.79 Å². The first-order valence-corrected chi connectivity index (χ1v) is 11.0. The third-order valence-electron chi connectivity index (χ3n) is 4.85. The van der Waals surface area contributed by atoms with E-state index in [1.807, 2.05) is 40.1 Å². The average molecular weight is 408 g/mol. The summed E-state index contributed by atoms with van der Waals surface area (Å²) < 4.78 is 1.04. The van der Waals surface area contributed by atoms with Gasteiger partial charge in [0.15, 0.2) is 0 Å². The molecule has 4 aromatic rings. The molecule has 0 aliphatic heterocycles. The zero-order valence-electron chi connectivity index (χ0n) is 15.6. The lowest BCUT2D eigenvalue weighted by molar-refractivity contribution is 0.0667. The zero-order chi connectivity index (χ0) is 19.3. The van der Waals surface area contributed by atoms with Gasteiger partial charge in [0, 0.05) is 23.2 Å². The maximum atomic E-state index is 13.4. The molecule has 28 heavy (non-hydrogen) atoms. The van der Waals surface area contributed by atoms with Crippen LogP contribution in [0.15, 0.2) is 65.6 Å². The van der Waals surface area contributed by atoms with Gasteiger partial charge in [0.05, 0.1) is 22.3 Å². The van der Waals surface area contributed by atoms with Crippen molar-refractivity contribution in [1.29, 1.82) is 0 Å². The van der Waals surface area contributed by atoms with Crippen LogP contribution < -0.4 is 0 Å². The first-order chi connectivity index (χ1) is 13.7. The summed E-state index contributed by atoms with van der Waals surface area (Å²) in [5.41, 5.74) is 4.75. The van der Waals surface area contributed by atoms with Gasteiger partial charge in [-0.1, -0.05) is 30.3 Å². The number of thiazole rings is 2. The molecule has 1 atom stereocenters. The van der Waals surface area contributed by atoms with Crippen LogP contribution in [0, 0.1) is 0 Å². The molecular formula is C22H21N3OS2. The van der Waals surface area contributed by atoms with E-state index in [2.05, 4.69) is 41.2 Å². The van der Waals surface area contributed by atoms with E-state index in [1.54, 1.807) is 28.9 Å². The van der Waals surface area contributed by atoms with Gasteiger partial charge in [-0.2, -0.15) is 0 Å². The molecule has 142 valence electrons. The number of hydrogen-bond acceptors (Lipinski definition) is 5. The van der Waals surface area contributed by atoms with Gasteiger partial charge >= 0.3 is 0 Å². The number of carbonyl (C=O) groups is 1. The summed E-state index contributed by atoms with van der Waals surface area (Å²) in [4.78, 5) is 24.0. The number of amides is 1. The Balaban J connectivity index is 1.55. The quantitative estimate of drug-likeness (QED) is 0.411. The molecule has 0 aliphatic carbocycles. The fraction of sp³-hybridized carbons (Fsp3) is 0.227. The van der Waals surface area contributed by atoms with Gasteiger partial charge in [0.2, 0.25) is 0 Å². The third-order valence-corrected chi connectivity index (χ3v) is 6.41. The molecule has 2 aromatic carbocycles. The predicted octanol–water partition coefficient (Wildman–Crippen LogP) is 5.42. The van der Waals surface area contributed by atoms with Crippen molar-refractivity contribution in [2.45, 2.75) is 32.4 Å². The molecule has 0 unspecified atom stereocenters. The monoisotopic (exact) mass is 407 g/mol. The van der Waals surface area contributed by atoms with Crippen molar-refractivity contribution in [2.75, 3.05) is 0 Å². The fourth-order valence-corrected chi connectivity index (χ4v) is 4.57. The van der Waals surface area contributed by atoms with Crippen molar-refractivity contribution >= 4 is 38.8 Å². The molecule has 4 nitrogen and oxygen atoms in total. The molecule has 2 heterocycles. The largest absolute Gasteiger partial charge is 0.329 e. The second-order valence-corrected chi connectivity index (χ2v) is 8.63. The molecular weight excluding hydrogens is 386 g/mol. The predicted molar refractivity (Wildman–Crippen MR) is 116 cm³/mol. The molecule has 0 saturated heterocycles. The fourth-order valence-electron chi connectivity index (χ4n) is 3.23. The van der Waals surface area contributed by atoms with Crippen LogP contribution in [-0.2, 0) is 13.0 Å². The van der Waals surface area contributed by atoms with E-state index in [0.717, 1.165) is 28.1 Å². The Labute approximate surface area is 172 Å². The minimum absolute atomic E-state index is 0.0473. The highest BCUT2D eigenvalue weighted by Crippen LogP contribution is 2.23. The van der Waals surface area contributed by atoms with Crippen LogP contribution in [0.5, 0.6) is 0 Å². The zero-order valence-corrected chi connectivity index (χ0v) is 17.2. The molecule has 0 fully saturated rings. The molecule has 0 spiro atoms. The van der Waals surface area contributed by atoms with E-state index in [1.165, 1.54) is 5.56 Å². The van der Waals surface area contributed by atoms with Crippen LogP contribution >= 0.6 is 22.7 Å². The molecule has 1 amide bonds. The van der Waals surface area contributed by atoms with Crippen LogP contribution in [0.25, 0.3) is 10.2 Å². The number of hydrogen-bond donors (Lipinski definition) is 0. The Morgan fingerprint density at radius 1 is 1.11 bits per heavy atom.